The van der Waals surface area contributed by atoms with Gasteiger partial charge in [0.1, 0.15) is 11.9 Å². The van der Waals surface area contributed by atoms with Crippen LogP contribution in [0.3, 0.4) is 0 Å². The molecule has 1 unspecified atom stereocenters. The molecule has 1 aromatic rings. The number of methoxy groups -OCH3 is 1. The molecular weight excluding hydrogens is 172 g/mol. The first kappa shape index (κ1) is 10.2. The van der Waals surface area contributed by atoms with Gasteiger partial charge in [-0.15, -0.1) is 0 Å². The van der Waals surface area contributed by atoms with Gasteiger partial charge in [-0.2, -0.15) is 0 Å². The Morgan fingerprint density at radius 2 is 2.46 bits per heavy atom. The van der Waals surface area contributed by atoms with Gasteiger partial charge >= 0.3 is 0 Å². The maximum Gasteiger partial charge on any atom is 0.138 e. The van der Waals surface area contributed by atoms with E-state index in [1.54, 1.807) is 19.4 Å². The topological polar surface area (TPSA) is 51.8 Å². The van der Waals surface area contributed by atoms with Crippen molar-refractivity contribution in [2.24, 2.45) is 0 Å². The van der Waals surface area contributed by atoms with E-state index in [0.29, 0.717) is 13.2 Å². The van der Waals surface area contributed by atoms with E-state index in [4.69, 9.17) is 19.0 Å². The number of furan rings is 1. The lowest BCUT2D eigenvalue weighted by Gasteiger charge is -2.12. The summed E-state index contributed by atoms with van der Waals surface area (Å²) in [6, 6.07) is 3.63. The number of ether oxygens (including phenoxy) is 2. The summed E-state index contributed by atoms with van der Waals surface area (Å²) < 4.78 is 15.4. The Labute approximate surface area is 77.1 Å². The Morgan fingerprint density at radius 1 is 1.62 bits per heavy atom. The molecule has 0 bridgehead atoms. The van der Waals surface area contributed by atoms with Gasteiger partial charge in [-0.25, -0.2) is 0 Å². The van der Waals surface area contributed by atoms with Crippen LogP contribution >= 0.6 is 0 Å². The molecule has 0 aliphatic heterocycles. The molecule has 0 radical (unpaired) electrons. The van der Waals surface area contributed by atoms with E-state index in [0.717, 1.165) is 5.76 Å². The third-order valence-corrected chi connectivity index (χ3v) is 1.65. The zero-order valence-corrected chi connectivity index (χ0v) is 7.60. The molecule has 0 saturated carbocycles. The second-order valence-electron chi connectivity index (χ2n) is 2.54. The Hall–Kier alpha value is -0.840. The minimum atomic E-state index is -0.193. The summed E-state index contributed by atoms with van der Waals surface area (Å²) in [5.74, 6) is 0.737. The summed E-state index contributed by atoms with van der Waals surface area (Å²) in [5, 5.41) is 8.49. The van der Waals surface area contributed by atoms with Crippen LogP contribution in [0, 0.1) is 0 Å². The SMILES string of the molecule is COC(COCCO)c1ccco1. The first-order chi connectivity index (χ1) is 6.38. The molecular formula is C9H14O4. The molecule has 0 aliphatic rings. The van der Waals surface area contributed by atoms with Crippen molar-refractivity contribution in [3.63, 3.8) is 0 Å². The van der Waals surface area contributed by atoms with E-state index in [9.17, 15) is 0 Å². The van der Waals surface area contributed by atoms with Gasteiger partial charge in [0.05, 0.1) is 26.1 Å². The van der Waals surface area contributed by atoms with E-state index >= 15 is 0 Å². The zero-order valence-electron chi connectivity index (χ0n) is 7.60. The van der Waals surface area contributed by atoms with Crippen LogP contribution in [-0.2, 0) is 9.47 Å². The molecule has 0 spiro atoms. The molecule has 4 nitrogen and oxygen atoms in total. The fourth-order valence-corrected chi connectivity index (χ4v) is 0.996. The average molecular weight is 186 g/mol. The molecule has 0 saturated heterocycles. The van der Waals surface area contributed by atoms with Gasteiger partial charge in [-0.3, -0.25) is 0 Å². The van der Waals surface area contributed by atoms with Crippen LogP contribution in [0.4, 0.5) is 0 Å². The van der Waals surface area contributed by atoms with Crippen LogP contribution in [0.2, 0.25) is 0 Å². The van der Waals surface area contributed by atoms with E-state index in [2.05, 4.69) is 0 Å². The summed E-state index contributed by atoms with van der Waals surface area (Å²) >= 11 is 0. The second-order valence-corrected chi connectivity index (χ2v) is 2.54. The molecule has 0 aromatic carbocycles. The van der Waals surface area contributed by atoms with Gasteiger partial charge in [-0.1, -0.05) is 0 Å². The molecule has 0 fully saturated rings. The number of aliphatic hydroxyl groups excluding tert-OH is 1. The lowest BCUT2D eigenvalue weighted by Crippen LogP contribution is -2.11. The number of hydrogen-bond donors (Lipinski definition) is 1. The lowest BCUT2D eigenvalue weighted by atomic mass is 10.3. The summed E-state index contributed by atoms with van der Waals surface area (Å²) in [5.41, 5.74) is 0. The predicted molar refractivity (Wildman–Crippen MR) is 46.4 cm³/mol. The summed E-state index contributed by atoms with van der Waals surface area (Å²) in [6.45, 7) is 0.736. The molecule has 0 amide bonds. The van der Waals surface area contributed by atoms with Gasteiger partial charge < -0.3 is 19.0 Å². The minimum Gasteiger partial charge on any atom is -0.466 e. The molecule has 1 N–H and O–H groups in total. The van der Waals surface area contributed by atoms with Gasteiger partial charge in [0.25, 0.3) is 0 Å². The van der Waals surface area contributed by atoms with Crippen molar-refractivity contribution in [2.75, 3.05) is 26.9 Å². The molecule has 74 valence electrons. The molecule has 4 heteroatoms. The van der Waals surface area contributed by atoms with Crippen LogP contribution in [0.15, 0.2) is 22.8 Å². The van der Waals surface area contributed by atoms with Crippen LogP contribution in [0.5, 0.6) is 0 Å². The van der Waals surface area contributed by atoms with Crippen LogP contribution in [0.25, 0.3) is 0 Å². The first-order valence-electron chi connectivity index (χ1n) is 4.13. The quantitative estimate of drug-likeness (QED) is 0.673. The lowest BCUT2D eigenvalue weighted by molar-refractivity contribution is -0.0125. The van der Waals surface area contributed by atoms with Crippen LogP contribution < -0.4 is 0 Å². The fraction of sp³-hybridized carbons (Fsp3) is 0.556. The van der Waals surface area contributed by atoms with Crippen molar-refractivity contribution in [3.8, 4) is 0 Å². The highest BCUT2D eigenvalue weighted by Crippen LogP contribution is 2.16. The molecule has 13 heavy (non-hydrogen) atoms. The van der Waals surface area contributed by atoms with Gasteiger partial charge in [0.15, 0.2) is 0 Å². The van der Waals surface area contributed by atoms with E-state index in [-0.39, 0.29) is 12.7 Å². The number of aliphatic hydroxyl groups is 1. The molecule has 1 aromatic heterocycles. The summed E-state index contributed by atoms with van der Waals surface area (Å²) in [4.78, 5) is 0. The first-order valence-corrected chi connectivity index (χ1v) is 4.13. The van der Waals surface area contributed by atoms with E-state index < -0.39 is 0 Å². The van der Waals surface area contributed by atoms with Gasteiger partial charge in [0.2, 0.25) is 0 Å². The predicted octanol–water partition coefficient (Wildman–Crippen LogP) is 0.976. The highest BCUT2D eigenvalue weighted by Gasteiger charge is 2.12. The highest BCUT2D eigenvalue weighted by molar-refractivity contribution is 5.02. The second kappa shape index (κ2) is 5.75. The van der Waals surface area contributed by atoms with Crippen molar-refractivity contribution in [2.45, 2.75) is 6.10 Å². The maximum atomic E-state index is 8.49. The van der Waals surface area contributed by atoms with Crippen molar-refractivity contribution < 1.29 is 19.0 Å². The number of rotatable bonds is 6. The Kier molecular flexibility index (Phi) is 4.53. The number of hydrogen-bond acceptors (Lipinski definition) is 4. The van der Waals surface area contributed by atoms with Crippen LogP contribution in [-0.4, -0.2) is 32.0 Å². The smallest absolute Gasteiger partial charge is 0.138 e. The summed E-state index contributed by atoms with van der Waals surface area (Å²) in [6.07, 6.45) is 1.40. The molecule has 1 atom stereocenters. The minimum absolute atomic E-state index is 0.0224. The van der Waals surface area contributed by atoms with Crippen molar-refractivity contribution in [3.05, 3.63) is 24.2 Å². The largest absolute Gasteiger partial charge is 0.466 e. The average Bonchev–Trinajstić information content (AvgIpc) is 2.65. The monoisotopic (exact) mass is 186 g/mol. The highest BCUT2D eigenvalue weighted by atomic mass is 16.5. The maximum absolute atomic E-state index is 8.49. The third kappa shape index (κ3) is 3.18. The van der Waals surface area contributed by atoms with E-state index in [1.807, 2.05) is 6.07 Å². The summed E-state index contributed by atoms with van der Waals surface area (Å²) in [7, 11) is 1.59. The van der Waals surface area contributed by atoms with Crippen molar-refractivity contribution in [1.82, 2.24) is 0 Å². The molecule has 0 aliphatic carbocycles. The van der Waals surface area contributed by atoms with Crippen LogP contribution in [0.1, 0.15) is 11.9 Å². The normalized spacial score (nSPS) is 13.1. The Balaban J connectivity index is 2.35. The fourth-order valence-electron chi connectivity index (χ4n) is 0.996. The van der Waals surface area contributed by atoms with Crippen molar-refractivity contribution in [1.29, 1.82) is 0 Å². The Morgan fingerprint density at radius 3 is 3.00 bits per heavy atom. The Bertz CT molecular complexity index is 207. The zero-order chi connectivity index (χ0) is 9.52. The molecule has 1 heterocycles. The standard InChI is InChI=1S/C9H14O4/c1-11-9(7-12-6-4-10)8-3-2-5-13-8/h2-3,5,9-10H,4,6-7H2,1H3. The van der Waals surface area contributed by atoms with Gasteiger partial charge in [-0.05, 0) is 12.1 Å². The van der Waals surface area contributed by atoms with E-state index in [1.165, 1.54) is 0 Å². The third-order valence-electron chi connectivity index (χ3n) is 1.65. The van der Waals surface area contributed by atoms with Crippen molar-refractivity contribution >= 4 is 0 Å². The van der Waals surface area contributed by atoms with Gasteiger partial charge in [0, 0.05) is 7.11 Å². The molecule has 1 rings (SSSR count).